The average molecular weight is 347 g/mol. The van der Waals surface area contributed by atoms with E-state index < -0.39 is 35.0 Å². The molecular formula is C17H15F2N3O3. The van der Waals surface area contributed by atoms with Gasteiger partial charge in [-0.25, -0.2) is 13.6 Å². The number of carboxylic acid groups (broad SMARTS) is 1. The highest BCUT2D eigenvalue weighted by Gasteiger charge is 2.45. The van der Waals surface area contributed by atoms with E-state index >= 15 is 0 Å². The molecule has 3 fully saturated rings. The van der Waals surface area contributed by atoms with E-state index in [2.05, 4.69) is 5.32 Å². The van der Waals surface area contributed by atoms with Crippen LogP contribution in [-0.2, 0) is 0 Å². The average Bonchev–Trinajstić information content (AvgIpc) is 3.45. The van der Waals surface area contributed by atoms with E-state index in [0.717, 1.165) is 6.07 Å². The van der Waals surface area contributed by atoms with E-state index in [-0.39, 0.29) is 11.8 Å². The molecule has 4 atom stereocenters. The Morgan fingerprint density at radius 1 is 1.28 bits per heavy atom. The lowest BCUT2D eigenvalue weighted by Gasteiger charge is -2.22. The fraction of sp³-hybridized carbons (Fsp3) is 0.412. The van der Waals surface area contributed by atoms with Crippen molar-refractivity contribution < 1.29 is 18.7 Å². The number of benzene rings is 1. The molecule has 3 heterocycles. The Bertz CT molecular complexity index is 979. The number of pyridine rings is 1. The fourth-order valence-electron chi connectivity index (χ4n) is 3.79. The highest BCUT2D eigenvalue weighted by atomic mass is 19.1. The molecule has 1 aromatic carbocycles. The molecule has 2 aromatic rings. The molecule has 25 heavy (non-hydrogen) atoms. The van der Waals surface area contributed by atoms with E-state index in [4.69, 9.17) is 0 Å². The predicted octanol–water partition coefficient (Wildman–Crippen LogP) is 1.28. The summed E-state index contributed by atoms with van der Waals surface area (Å²) in [5.41, 5.74) is -0.463. The summed E-state index contributed by atoms with van der Waals surface area (Å²) < 4.78 is 29.7. The molecule has 0 spiro atoms. The number of fused-ring (bicyclic) bond motifs is 2. The van der Waals surface area contributed by atoms with Crippen molar-refractivity contribution in [1.29, 1.82) is 0 Å². The van der Waals surface area contributed by atoms with Gasteiger partial charge in [0, 0.05) is 43.2 Å². The lowest BCUT2D eigenvalue weighted by atomic mass is 10.1. The van der Waals surface area contributed by atoms with Gasteiger partial charge in [0.25, 0.3) is 0 Å². The number of alkyl halides is 1. The van der Waals surface area contributed by atoms with Crippen LogP contribution in [0.5, 0.6) is 0 Å². The minimum atomic E-state index is -1.40. The molecule has 2 saturated heterocycles. The van der Waals surface area contributed by atoms with Gasteiger partial charge in [0.1, 0.15) is 17.6 Å². The van der Waals surface area contributed by atoms with Crippen LogP contribution in [0.3, 0.4) is 0 Å². The minimum Gasteiger partial charge on any atom is -0.477 e. The van der Waals surface area contributed by atoms with Crippen LogP contribution in [0.2, 0.25) is 0 Å². The molecule has 0 radical (unpaired) electrons. The Labute approximate surface area is 140 Å². The number of piperazine rings is 1. The van der Waals surface area contributed by atoms with Gasteiger partial charge in [-0.05, 0) is 12.1 Å². The largest absolute Gasteiger partial charge is 0.477 e. The number of anilines is 1. The Kier molecular flexibility index (Phi) is 2.84. The Hall–Kier alpha value is -2.48. The highest BCUT2D eigenvalue weighted by molar-refractivity contribution is 5.93. The number of aromatic nitrogens is 1. The number of halogens is 2. The van der Waals surface area contributed by atoms with Crippen molar-refractivity contribution in [3.05, 3.63) is 39.9 Å². The second kappa shape index (κ2) is 4.78. The van der Waals surface area contributed by atoms with E-state index in [0.29, 0.717) is 36.4 Å². The fourth-order valence-corrected chi connectivity index (χ4v) is 3.79. The lowest BCUT2D eigenvalue weighted by Crippen LogP contribution is -2.28. The lowest BCUT2D eigenvalue weighted by molar-refractivity contribution is 0.0694. The third kappa shape index (κ3) is 2.17. The summed E-state index contributed by atoms with van der Waals surface area (Å²) in [6.45, 7) is 1.36. The number of rotatable bonds is 3. The zero-order valence-electron chi connectivity index (χ0n) is 13.1. The van der Waals surface area contributed by atoms with Gasteiger partial charge in [-0.2, -0.15) is 0 Å². The molecular weight excluding hydrogens is 332 g/mol. The summed E-state index contributed by atoms with van der Waals surface area (Å²) in [5, 5.41) is 12.5. The van der Waals surface area contributed by atoms with Crippen molar-refractivity contribution >= 4 is 22.6 Å². The number of aromatic carboxylic acids is 1. The number of hydrogen-bond donors (Lipinski definition) is 2. The molecule has 5 rings (SSSR count). The molecule has 8 heteroatoms. The SMILES string of the molecule is O=C(O)c1cn(C2CC2F)c2cc(N3CC4NC4C3)c(F)cc2c1=O. The van der Waals surface area contributed by atoms with Gasteiger partial charge >= 0.3 is 5.97 Å². The van der Waals surface area contributed by atoms with Crippen LogP contribution >= 0.6 is 0 Å². The van der Waals surface area contributed by atoms with Gasteiger partial charge < -0.3 is 19.9 Å². The summed E-state index contributed by atoms with van der Waals surface area (Å²) in [5.74, 6) is -1.96. The highest BCUT2D eigenvalue weighted by Crippen LogP contribution is 2.41. The molecule has 1 aliphatic carbocycles. The molecule has 1 saturated carbocycles. The van der Waals surface area contributed by atoms with Crippen LogP contribution in [0.1, 0.15) is 22.8 Å². The maximum atomic E-state index is 14.6. The van der Waals surface area contributed by atoms with Crippen LogP contribution < -0.4 is 15.6 Å². The molecule has 0 amide bonds. The molecule has 2 N–H and O–H groups in total. The predicted molar refractivity (Wildman–Crippen MR) is 86.6 cm³/mol. The standard InChI is InChI=1S/C17H15F2N3O3/c18-9-1-7-13(3-14(9)21-5-11-12(6-21)20-11)22(15-2-10(15)19)4-8(16(7)23)17(24)25/h1,3-4,10-12,15,20H,2,5-6H2,(H,24,25). The van der Waals surface area contributed by atoms with Crippen LogP contribution in [-0.4, -0.2) is 47.0 Å². The summed E-state index contributed by atoms with van der Waals surface area (Å²) >= 11 is 0. The van der Waals surface area contributed by atoms with E-state index in [1.165, 1.54) is 10.8 Å². The Morgan fingerprint density at radius 2 is 1.96 bits per heavy atom. The van der Waals surface area contributed by atoms with Gasteiger partial charge in [0.15, 0.2) is 0 Å². The van der Waals surface area contributed by atoms with Gasteiger partial charge in [0.2, 0.25) is 5.43 Å². The van der Waals surface area contributed by atoms with Gasteiger partial charge in [0.05, 0.1) is 17.2 Å². The zero-order valence-corrected chi connectivity index (χ0v) is 13.1. The maximum Gasteiger partial charge on any atom is 0.341 e. The van der Waals surface area contributed by atoms with Crippen LogP contribution in [0.25, 0.3) is 10.9 Å². The molecule has 6 nitrogen and oxygen atoms in total. The minimum absolute atomic E-state index is 0.0252. The molecule has 4 unspecified atom stereocenters. The van der Waals surface area contributed by atoms with Crippen molar-refractivity contribution in [1.82, 2.24) is 9.88 Å². The first-order valence-electron chi connectivity index (χ1n) is 8.21. The summed E-state index contributed by atoms with van der Waals surface area (Å²) in [4.78, 5) is 25.6. The topological polar surface area (TPSA) is 84.5 Å². The number of carbonyl (C=O) groups is 1. The number of nitrogens with one attached hydrogen (secondary N) is 1. The molecule has 0 bridgehead atoms. The summed E-state index contributed by atoms with van der Waals surface area (Å²) in [6, 6.07) is 2.86. The smallest absolute Gasteiger partial charge is 0.341 e. The maximum absolute atomic E-state index is 14.6. The monoisotopic (exact) mass is 347 g/mol. The third-order valence-corrected chi connectivity index (χ3v) is 5.35. The van der Waals surface area contributed by atoms with Crippen LogP contribution in [0.4, 0.5) is 14.5 Å². The first-order valence-corrected chi connectivity index (χ1v) is 8.21. The third-order valence-electron chi connectivity index (χ3n) is 5.35. The first kappa shape index (κ1) is 14.8. The quantitative estimate of drug-likeness (QED) is 0.817. The van der Waals surface area contributed by atoms with Crippen molar-refractivity contribution in [2.45, 2.75) is 30.7 Å². The van der Waals surface area contributed by atoms with Gasteiger partial charge in [-0.1, -0.05) is 0 Å². The van der Waals surface area contributed by atoms with E-state index in [9.17, 15) is 23.5 Å². The van der Waals surface area contributed by atoms with Crippen LogP contribution in [0.15, 0.2) is 23.1 Å². The molecule has 3 aliphatic rings. The summed E-state index contributed by atoms with van der Waals surface area (Å²) in [6.07, 6.45) is 0.369. The van der Waals surface area contributed by atoms with Crippen molar-refractivity contribution in [3.63, 3.8) is 0 Å². The van der Waals surface area contributed by atoms with Crippen molar-refractivity contribution in [2.24, 2.45) is 0 Å². The van der Waals surface area contributed by atoms with Gasteiger partial charge in [-0.15, -0.1) is 0 Å². The Balaban J connectivity index is 1.73. The van der Waals surface area contributed by atoms with Crippen molar-refractivity contribution in [2.75, 3.05) is 18.0 Å². The van der Waals surface area contributed by atoms with E-state index in [1.54, 1.807) is 6.07 Å². The number of carboxylic acids is 1. The van der Waals surface area contributed by atoms with Crippen LogP contribution in [0, 0.1) is 5.82 Å². The Morgan fingerprint density at radius 3 is 2.56 bits per heavy atom. The molecule has 1 aromatic heterocycles. The summed E-state index contributed by atoms with van der Waals surface area (Å²) in [7, 11) is 0. The second-order valence-electron chi connectivity index (χ2n) is 7.01. The molecule has 130 valence electrons. The van der Waals surface area contributed by atoms with E-state index in [1.807, 2.05) is 4.90 Å². The number of hydrogen-bond acceptors (Lipinski definition) is 4. The molecule has 2 aliphatic heterocycles. The first-order chi connectivity index (χ1) is 11.9. The van der Waals surface area contributed by atoms with Gasteiger partial charge in [-0.3, -0.25) is 4.79 Å². The number of nitrogens with zero attached hydrogens (tertiary/aromatic N) is 2. The van der Waals surface area contributed by atoms with Crippen molar-refractivity contribution in [3.8, 4) is 0 Å². The normalized spacial score (nSPS) is 29.8. The second-order valence-corrected chi connectivity index (χ2v) is 7.01. The zero-order chi connectivity index (χ0) is 17.5.